The summed E-state index contributed by atoms with van der Waals surface area (Å²) < 4.78 is 26.8. The maximum absolute atomic E-state index is 11.4. The van der Waals surface area contributed by atoms with E-state index in [1.807, 2.05) is 0 Å². The van der Waals surface area contributed by atoms with Crippen LogP contribution in [-0.4, -0.2) is 6.61 Å². The van der Waals surface area contributed by atoms with Crippen LogP contribution in [0.2, 0.25) is 0 Å². The molecule has 10 heavy (non-hydrogen) atoms. The molecule has 0 bridgehead atoms. The van der Waals surface area contributed by atoms with Crippen molar-refractivity contribution in [3.63, 3.8) is 0 Å². The van der Waals surface area contributed by atoms with E-state index in [0.29, 0.717) is 5.56 Å². The van der Waals surface area contributed by atoms with Crippen LogP contribution in [0.15, 0.2) is 18.5 Å². The second-order valence-corrected chi connectivity index (χ2v) is 1.74. The molecule has 0 saturated carbocycles. The SMILES string of the molecule is FC(F)OCc1cc[n-]c1. The maximum atomic E-state index is 11.4. The van der Waals surface area contributed by atoms with Crippen molar-refractivity contribution in [2.24, 2.45) is 0 Å². The van der Waals surface area contributed by atoms with Crippen molar-refractivity contribution in [3.05, 3.63) is 24.0 Å². The molecule has 0 spiro atoms. The van der Waals surface area contributed by atoms with E-state index in [1.54, 1.807) is 6.07 Å². The summed E-state index contributed by atoms with van der Waals surface area (Å²) in [6, 6.07) is 1.63. The van der Waals surface area contributed by atoms with Gasteiger partial charge in [-0.3, -0.25) is 0 Å². The van der Waals surface area contributed by atoms with Crippen molar-refractivity contribution in [2.75, 3.05) is 0 Å². The van der Waals surface area contributed by atoms with Gasteiger partial charge in [-0.15, -0.1) is 0 Å². The van der Waals surface area contributed by atoms with Gasteiger partial charge in [-0.05, 0) is 5.56 Å². The standard InChI is InChI=1S/C6H6F2NO/c7-6(8)10-4-5-1-2-9-3-5/h1-3,6H,4H2/q-1. The largest absolute Gasteiger partial charge is 0.670 e. The fourth-order valence-electron chi connectivity index (χ4n) is 0.565. The van der Waals surface area contributed by atoms with Gasteiger partial charge in [0, 0.05) is 0 Å². The molecule has 2 nitrogen and oxygen atoms in total. The van der Waals surface area contributed by atoms with Gasteiger partial charge in [0.2, 0.25) is 0 Å². The van der Waals surface area contributed by atoms with Gasteiger partial charge in [-0.25, -0.2) is 0 Å². The molecular weight excluding hydrogens is 140 g/mol. The second-order valence-electron chi connectivity index (χ2n) is 1.74. The Labute approximate surface area is 56.8 Å². The zero-order chi connectivity index (χ0) is 7.40. The lowest BCUT2D eigenvalue weighted by molar-refractivity contribution is -0.137. The molecule has 56 valence electrons. The minimum atomic E-state index is -2.70. The Morgan fingerprint density at radius 3 is 2.90 bits per heavy atom. The van der Waals surface area contributed by atoms with Gasteiger partial charge in [-0.1, -0.05) is 6.07 Å². The van der Waals surface area contributed by atoms with Gasteiger partial charge < -0.3 is 9.72 Å². The Balaban J connectivity index is 2.28. The first-order chi connectivity index (χ1) is 4.79. The quantitative estimate of drug-likeness (QED) is 0.643. The minimum Gasteiger partial charge on any atom is -0.670 e. The molecule has 1 aromatic rings. The summed E-state index contributed by atoms with van der Waals surface area (Å²) in [5, 5.41) is 0. The highest BCUT2D eigenvalue weighted by molar-refractivity contribution is 5.05. The normalized spacial score (nSPS) is 10.7. The molecule has 0 fully saturated rings. The average molecular weight is 146 g/mol. The number of hydrogen-bond acceptors (Lipinski definition) is 1. The van der Waals surface area contributed by atoms with Crippen LogP contribution in [0.4, 0.5) is 8.78 Å². The summed E-state index contributed by atoms with van der Waals surface area (Å²) in [6.07, 6.45) is 3.02. The Bertz CT molecular complexity index is 174. The van der Waals surface area contributed by atoms with Crippen molar-refractivity contribution in [1.29, 1.82) is 0 Å². The highest BCUT2D eigenvalue weighted by Crippen LogP contribution is 2.02. The van der Waals surface area contributed by atoms with Crippen LogP contribution in [0.5, 0.6) is 0 Å². The first-order valence-electron chi connectivity index (χ1n) is 2.74. The first-order valence-corrected chi connectivity index (χ1v) is 2.74. The smallest absolute Gasteiger partial charge is 0.345 e. The molecule has 0 N–H and O–H groups in total. The topological polar surface area (TPSA) is 23.3 Å². The van der Waals surface area contributed by atoms with Crippen molar-refractivity contribution in [3.8, 4) is 0 Å². The van der Waals surface area contributed by atoms with E-state index in [0.717, 1.165) is 0 Å². The third-order valence-corrected chi connectivity index (χ3v) is 0.991. The molecule has 0 amide bonds. The molecule has 0 unspecified atom stereocenters. The third-order valence-electron chi connectivity index (χ3n) is 0.991. The number of aromatic nitrogens is 1. The van der Waals surface area contributed by atoms with Gasteiger partial charge in [-0.2, -0.15) is 21.2 Å². The van der Waals surface area contributed by atoms with E-state index in [-0.39, 0.29) is 6.61 Å². The fraction of sp³-hybridized carbons (Fsp3) is 0.333. The van der Waals surface area contributed by atoms with Gasteiger partial charge in [0.25, 0.3) is 0 Å². The van der Waals surface area contributed by atoms with E-state index in [4.69, 9.17) is 0 Å². The van der Waals surface area contributed by atoms with Crippen LogP contribution in [0.25, 0.3) is 0 Å². The van der Waals surface area contributed by atoms with Gasteiger partial charge in [0.1, 0.15) is 0 Å². The summed E-state index contributed by atoms with van der Waals surface area (Å²) in [5.74, 6) is 0. The zero-order valence-electron chi connectivity index (χ0n) is 5.13. The molecule has 0 aliphatic carbocycles. The van der Waals surface area contributed by atoms with Crippen LogP contribution >= 0.6 is 0 Å². The first kappa shape index (κ1) is 7.21. The molecule has 1 heterocycles. The number of alkyl halides is 2. The monoisotopic (exact) mass is 146 g/mol. The third kappa shape index (κ3) is 2.14. The molecular formula is C6H6F2NO-. The molecule has 0 aromatic carbocycles. The summed E-state index contributed by atoms with van der Waals surface area (Å²) >= 11 is 0. The van der Waals surface area contributed by atoms with Gasteiger partial charge in [0.05, 0.1) is 6.61 Å². The predicted molar refractivity (Wildman–Crippen MR) is 30.6 cm³/mol. The van der Waals surface area contributed by atoms with Crippen LogP contribution in [0.1, 0.15) is 5.56 Å². The van der Waals surface area contributed by atoms with E-state index in [1.165, 1.54) is 12.4 Å². The van der Waals surface area contributed by atoms with E-state index >= 15 is 0 Å². The number of rotatable bonds is 3. The number of ether oxygens (including phenoxy) is 1. The van der Waals surface area contributed by atoms with Crippen LogP contribution < -0.4 is 4.98 Å². The van der Waals surface area contributed by atoms with Crippen molar-refractivity contribution < 1.29 is 13.5 Å². The molecule has 0 saturated heterocycles. The van der Waals surface area contributed by atoms with Gasteiger partial charge in [0.15, 0.2) is 0 Å². The van der Waals surface area contributed by atoms with E-state index in [9.17, 15) is 8.78 Å². The zero-order valence-corrected chi connectivity index (χ0v) is 5.13. The lowest BCUT2D eigenvalue weighted by Gasteiger charge is -1.99. The van der Waals surface area contributed by atoms with Crippen molar-refractivity contribution in [1.82, 2.24) is 4.98 Å². The highest BCUT2D eigenvalue weighted by atomic mass is 19.3. The maximum Gasteiger partial charge on any atom is 0.345 e. The molecule has 4 heteroatoms. The minimum absolute atomic E-state index is 0.0718. The van der Waals surface area contributed by atoms with Crippen LogP contribution in [-0.2, 0) is 11.3 Å². The molecule has 0 radical (unpaired) electrons. The summed E-state index contributed by atoms with van der Waals surface area (Å²) in [7, 11) is 0. The van der Waals surface area contributed by atoms with E-state index in [2.05, 4.69) is 9.72 Å². The Morgan fingerprint density at radius 1 is 1.60 bits per heavy atom. The highest BCUT2D eigenvalue weighted by Gasteiger charge is 1.99. The lowest BCUT2D eigenvalue weighted by Crippen LogP contribution is -1.97. The molecule has 1 aromatic heterocycles. The van der Waals surface area contributed by atoms with E-state index < -0.39 is 6.61 Å². The van der Waals surface area contributed by atoms with Crippen LogP contribution in [0, 0.1) is 0 Å². The summed E-state index contributed by atoms with van der Waals surface area (Å²) in [6.45, 7) is -2.77. The number of nitrogens with zero attached hydrogens (tertiary/aromatic N) is 1. The van der Waals surface area contributed by atoms with Crippen molar-refractivity contribution in [2.45, 2.75) is 13.2 Å². The number of halogens is 2. The van der Waals surface area contributed by atoms with Crippen molar-refractivity contribution >= 4 is 0 Å². The summed E-state index contributed by atoms with van der Waals surface area (Å²) in [5.41, 5.74) is 0.667. The average Bonchev–Trinajstić information content (AvgIpc) is 2.34. The molecule has 0 atom stereocenters. The predicted octanol–water partition coefficient (Wildman–Crippen LogP) is 1.38. The molecule has 0 aliphatic heterocycles. The Kier molecular flexibility index (Phi) is 2.39. The summed E-state index contributed by atoms with van der Waals surface area (Å²) in [4.78, 5) is 3.68. The Morgan fingerprint density at radius 2 is 2.40 bits per heavy atom. The van der Waals surface area contributed by atoms with Crippen LogP contribution in [0.3, 0.4) is 0 Å². The number of hydrogen-bond donors (Lipinski definition) is 0. The molecule has 1 rings (SSSR count). The molecule has 0 aliphatic rings. The van der Waals surface area contributed by atoms with Gasteiger partial charge >= 0.3 is 6.61 Å². The lowest BCUT2D eigenvalue weighted by atomic mass is 10.4. The fourth-order valence-corrected chi connectivity index (χ4v) is 0.565. The second kappa shape index (κ2) is 3.31. The Hall–Kier alpha value is -0.900.